The van der Waals surface area contributed by atoms with E-state index in [-0.39, 0.29) is 16.6 Å². The number of nitrogens with zero attached hydrogens (tertiary/aromatic N) is 3. The largest absolute Gasteiger partial charge is 0.373 e. The van der Waals surface area contributed by atoms with Crippen LogP contribution in [-0.2, 0) is 7.05 Å². The van der Waals surface area contributed by atoms with E-state index in [4.69, 9.17) is 11.6 Å². The molecule has 0 saturated carbocycles. The molecule has 18 heavy (non-hydrogen) atoms. The fourth-order valence-corrected chi connectivity index (χ4v) is 2.51. The van der Waals surface area contributed by atoms with Crippen LogP contribution in [0.5, 0.6) is 0 Å². The summed E-state index contributed by atoms with van der Waals surface area (Å²) in [4.78, 5) is 16.0. The van der Waals surface area contributed by atoms with E-state index in [2.05, 4.69) is 15.4 Å². The molecule has 96 valence electrons. The molecule has 0 aromatic carbocycles. The molecule has 0 spiro atoms. The summed E-state index contributed by atoms with van der Waals surface area (Å²) in [5.74, 6) is 0. The average Bonchev–Trinajstić information content (AvgIpc) is 2.77. The first-order chi connectivity index (χ1) is 8.49. The Hall–Kier alpha value is -1.40. The zero-order valence-corrected chi connectivity index (χ0v) is 11.8. The molecule has 2 aromatic heterocycles. The summed E-state index contributed by atoms with van der Waals surface area (Å²) in [6.07, 6.45) is 1.54. The average molecular weight is 285 g/mol. The summed E-state index contributed by atoms with van der Waals surface area (Å²) in [5.41, 5.74) is 1.20. The van der Waals surface area contributed by atoms with Crippen molar-refractivity contribution in [3.8, 4) is 0 Å². The Balaban J connectivity index is 2.25. The maximum atomic E-state index is 11.6. The highest BCUT2D eigenvalue weighted by molar-refractivity contribution is 7.09. The van der Waals surface area contributed by atoms with Crippen molar-refractivity contribution in [3.05, 3.63) is 37.7 Å². The van der Waals surface area contributed by atoms with Crippen molar-refractivity contribution in [1.29, 1.82) is 0 Å². The van der Waals surface area contributed by atoms with Gasteiger partial charge >= 0.3 is 0 Å². The summed E-state index contributed by atoms with van der Waals surface area (Å²) in [7, 11) is 1.56. The maximum absolute atomic E-state index is 11.6. The van der Waals surface area contributed by atoms with Crippen molar-refractivity contribution in [3.63, 3.8) is 0 Å². The minimum absolute atomic E-state index is 0.0184. The molecule has 0 saturated heterocycles. The number of aromatic nitrogens is 3. The molecule has 1 N–H and O–H groups in total. The molecule has 0 fully saturated rings. The molecule has 0 radical (unpaired) electrons. The molecular formula is C11H13ClN4OS. The predicted molar refractivity (Wildman–Crippen MR) is 73.4 cm³/mol. The Kier molecular flexibility index (Phi) is 3.68. The number of aryl methyl sites for hydroxylation is 2. The topological polar surface area (TPSA) is 59.8 Å². The second-order valence-corrected chi connectivity index (χ2v) is 5.26. The third-order valence-corrected chi connectivity index (χ3v) is 3.97. The lowest BCUT2D eigenvalue weighted by atomic mass is 10.3. The molecule has 5 nitrogen and oxygen atoms in total. The third kappa shape index (κ3) is 2.54. The molecule has 0 bridgehead atoms. The summed E-state index contributed by atoms with van der Waals surface area (Å²) in [5, 5.41) is 10.2. The zero-order valence-electron chi connectivity index (χ0n) is 10.3. The fourth-order valence-electron chi connectivity index (χ4n) is 1.48. The lowest BCUT2D eigenvalue weighted by Crippen LogP contribution is -2.21. The molecule has 2 aromatic rings. The molecule has 2 heterocycles. The van der Waals surface area contributed by atoms with Crippen LogP contribution in [-0.4, -0.2) is 14.8 Å². The maximum Gasteiger partial charge on any atom is 0.287 e. The molecule has 1 unspecified atom stereocenters. The van der Waals surface area contributed by atoms with Crippen molar-refractivity contribution in [1.82, 2.24) is 14.8 Å². The van der Waals surface area contributed by atoms with Crippen molar-refractivity contribution < 1.29 is 0 Å². The minimum Gasteiger partial charge on any atom is -0.373 e. The first-order valence-corrected chi connectivity index (χ1v) is 6.65. The predicted octanol–water partition coefficient (Wildman–Crippen LogP) is 2.37. The SMILES string of the molecule is Cc1csc(C(C)Nc2cnn(C)c(=O)c2Cl)n1. The van der Waals surface area contributed by atoms with Gasteiger partial charge in [0.25, 0.3) is 5.56 Å². The number of nitrogens with one attached hydrogen (secondary N) is 1. The Morgan fingerprint density at radius 1 is 1.56 bits per heavy atom. The second-order valence-electron chi connectivity index (χ2n) is 3.99. The van der Waals surface area contributed by atoms with Crippen LogP contribution in [0.15, 0.2) is 16.4 Å². The standard InChI is InChI=1S/C11H13ClN4OS/c1-6-5-18-10(14-6)7(2)15-8-4-13-16(3)11(17)9(8)12/h4-5,7,15H,1-3H3. The molecule has 1 atom stereocenters. The Morgan fingerprint density at radius 2 is 2.28 bits per heavy atom. The van der Waals surface area contributed by atoms with Crippen LogP contribution in [0.2, 0.25) is 5.02 Å². The summed E-state index contributed by atoms with van der Waals surface area (Å²) < 4.78 is 1.20. The highest BCUT2D eigenvalue weighted by Gasteiger charge is 2.13. The van der Waals surface area contributed by atoms with Crippen LogP contribution < -0.4 is 10.9 Å². The van der Waals surface area contributed by atoms with E-state index in [0.29, 0.717) is 5.69 Å². The smallest absolute Gasteiger partial charge is 0.287 e. The quantitative estimate of drug-likeness (QED) is 0.940. The number of halogens is 1. The Morgan fingerprint density at radius 3 is 2.89 bits per heavy atom. The van der Waals surface area contributed by atoms with Crippen LogP contribution in [0.3, 0.4) is 0 Å². The van der Waals surface area contributed by atoms with E-state index in [1.165, 1.54) is 4.68 Å². The number of thiazole rings is 1. The Labute approximate surface area is 113 Å². The van der Waals surface area contributed by atoms with Gasteiger partial charge in [-0.15, -0.1) is 11.3 Å². The van der Waals surface area contributed by atoms with Crippen molar-refractivity contribution in [2.45, 2.75) is 19.9 Å². The van der Waals surface area contributed by atoms with Crippen molar-refractivity contribution in [2.24, 2.45) is 7.05 Å². The van der Waals surface area contributed by atoms with Crippen LogP contribution in [0.4, 0.5) is 5.69 Å². The van der Waals surface area contributed by atoms with Gasteiger partial charge in [0.15, 0.2) is 0 Å². The molecule has 0 aliphatic carbocycles. The number of hydrogen-bond donors (Lipinski definition) is 1. The van der Waals surface area contributed by atoms with Gasteiger partial charge in [0.1, 0.15) is 10.0 Å². The summed E-state index contributed by atoms with van der Waals surface area (Å²) in [6, 6.07) is -0.0184. The van der Waals surface area contributed by atoms with Gasteiger partial charge in [0.05, 0.1) is 17.9 Å². The molecule has 2 rings (SSSR count). The van der Waals surface area contributed by atoms with Crippen LogP contribution in [0, 0.1) is 6.92 Å². The van der Waals surface area contributed by atoms with Crippen LogP contribution in [0.25, 0.3) is 0 Å². The van der Waals surface area contributed by atoms with E-state index >= 15 is 0 Å². The van der Waals surface area contributed by atoms with E-state index in [0.717, 1.165) is 10.7 Å². The lowest BCUT2D eigenvalue weighted by Gasteiger charge is -2.13. The lowest BCUT2D eigenvalue weighted by molar-refractivity contribution is 0.706. The highest BCUT2D eigenvalue weighted by atomic mass is 35.5. The van der Waals surface area contributed by atoms with Gasteiger partial charge < -0.3 is 5.32 Å². The van der Waals surface area contributed by atoms with Crippen LogP contribution in [0.1, 0.15) is 23.7 Å². The van der Waals surface area contributed by atoms with Gasteiger partial charge in [-0.2, -0.15) is 5.10 Å². The normalized spacial score (nSPS) is 12.4. The molecule has 7 heteroatoms. The van der Waals surface area contributed by atoms with Gasteiger partial charge in [-0.05, 0) is 13.8 Å². The fraction of sp³-hybridized carbons (Fsp3) is 0.364. The summed E-state index contributed by atoms with van der Waals surface area (Å²) in [6.45, 7) is 3.91. The Bertz CT molecular complexity index is 622. The number of hydrogen-bond acceptors (Lipinski definition) is 5. The van der Waals surface area contributed by atoms with Gasteiger partial charge in [0.2, 0.25) is 0 Å². The number of anilines is 1. The number of rotatable bonds is 3. The minimum atomic E-state index is -0.316. The van der Waals surface area contributed by atoms with Gasteiger partial charge in [-0.25, -0.2) is 9.67 Å². The third-order valence-electron chi connectivity index (χ3n) is 2.46. The van der Waals surface area contributed by atoms with Crippen molar-refractivity contribution in [2.75, 3.05) is 5.32 Å². The first-order valence-electron chi connectivity index (χ1n) is 5.39. The first kappa shape index (κ1) is 13.0. The summed E-state index contributed by atoms with van der Waals surface area (Å²) >= 11 is 7.55. The zero-order chi connectivity index (χ0) is 13.3. The van der Waals surface area contributed by atoms with Gasteiger partial charge in [-0.3, -0.25) is 4.79 Å². The van der Waals surface area contributed by atoms with Crippen LogP contribution >= 0.6 is 22.9 Å². The van der Waals surface area contributed by atoms with E-state index in [9.17, 15) is 4.79 Å². The molecule has 0 amide bonds. The second kappa shape index (κ2) is 5.07. The molecule has 0 aliphatic heterocycles. The molecule has 0 aliphatic rings. The van der Waals surface area contributed by atoms with Gasteiger partial charge in [-0.1, -0.05) is 11.6 Å². The van der Waals surface area contributed by atoms with Gasteiger partial charge in [0, 0.05) is 18.1 Å². The van der Waals surface area contributed by atoms with E-state index < -0.39 is 0 Å². The monoisotopic (exact) mass is 284 g/mol. The highest BCUT2D eigenvalue weighted by Crippen LogP contribution is 2.24. The van der Waals surface area contributed by atoms with Crippen molar-refractivity contribution >= 4 is 28.6 Å². The van der Waals surface area contributed by atoms with E-state index in [1.54, 1.807) is 24.6 Å². The van der Waals surface area contributed by atoms with E-state index in [1.807, 2.05) is 19.2 Å². The molecular weight excluding hydrogens is 272 g/mol.